The summed E-state index contributed by atoms with van der Waals surface area (Å²) in [5.41, 5.74) is 3.74. The first-order valence-corrected chi connectivity index (χ1v) is 6.27. The summed E-state index contributed by atoms with van der Waals surface area (Å²) in [6.07, 6.45) is 4.15. The number of pyridine rings is 1. The summed E-state index contributed by atoms with van der Waals surface area (Å²) in [4.78, 5) is 15.9. The lowest BCUT2D eigenvalue weighted by molar-refractivity contribution is 0.262. The minimum Gasteiger partial charge on any atom is -0.307 e. The van der Waals surface area contributed by atoms with Gasteiger partial charge in [0.15, 0.2) is 0 Å². The Balaban J connectivity index is 2.11. The van der Waals surface area contributed by atoms with Gasteiger partial charge in [-0.25, -0.2) is 4.79 Å². The number of anilines is 2. The molecule has 4 nitrogen and oxygen atoms in total. The Morgan fingerprint density at radius 2 is 2.05 bits per heavy atom. The first kappa shape index (κ1) is 13.1. The number of carbonyl (C=O) groups is 1. The Kier molecular flexibility index (Phi) is 4.13. The van der Waals surface area contributed by atoms with Crippen molar-refractivity contribution in [3.05, 3.63) is 53.9 Å². The van der Waals surface area contributed by atoms with Crippen molar-refractivity contribution in [2.24, 2.45) is 0 Å². The highest BCUT2D eigenvalue weighted by Crippen LogP contribution is 2.21. The molecule has 0 saturated heterocycles. The number of nitrogens with one attached hydrogen (secondary N) is 2. The SMILES string of the molecule is CCc1cccc(C)c1NC(=O)Nc1cccnc1. The number of urea groups is 1. The van der Waals surface area contributed by atoms with Crippen LogP contribution < -0.4 is 10.6 Å². The van der Waals surface area contributed by atoms with Crippen LogP contribution in [-0.4, -0.2) is 11.0 Å². The van der Waals surface area contributed by atoms with Crippen LogP contribution in [0.3, 0.4) is 0 Å². The molecular formula is C15H17N3O. The molecule has 2 aromatic rings. The van der Waals surface area contributed by atoms with Crippen LogP contribution in [0.4, 0.5) is 16.2 Å². The molecule has 0 fully saturated rings. The number of rotatable bonds is 3. The Morgan fingerprint density at radius 3 is 2.74 bits per heavy atom. The molecular weight excluding hydrogens is 238 g/mol. The molecule has 0 aliphatic carbocycles. The van der Waals surface area contributed by atoms with E-state index in [1.54, 1.807) is 24.5 Å². The molecule has 0 radical (unpaired) electrons. The Bertz CT molecular complexity index is 567. The summed E-state index contributed by atoms with van der Waals surface area (Å²) in [5, 5.41) is 5.66. The summed E-state index contributed by atoms with van der Waals surface area (Å²) in [5.74, 6) is 0. The van der Waals surface area contributed by atoms with E-state index in [4.69, 9.17) is 0 Å². The largest absolute Gasteiger partial charge is 0.323 e. The Labute approximate surface area is 112 Å². The first-order chi connectivity index (χ1) is 9.20. The van der Waals surface area contributed by atoms with Crippen LogP contribution in [0.2, 0.25) is 0 Å². The zero-order chi connectivity index (χ0) is 13.7. The van der Waals surface area contributed by atoms with E-state index in [0.29, 0.717) is 5.69 Å². The number of hydrogen-bond donors (Lipinski definition) is 2. The van der Waals surface area contributed by atoms with E-state index in [1.165, 1.54) is 0 Å². The maximum atomic E-state index is 12.0. The normalized spacial score (nSPS) is 10.0. The average Bonchev–Trinajstić information content (AvgIpc) is 2.42. The fourth-order valence-corrected chi connectivity index (χ4v) is 1.91. The number of benzene rings is 1. The molecule has 2 rings (SSSR count). The van der Waals surface area contributed by atoms with Gasteiger partial charge in [-0.1, -0.05) is 25.1 Å². The molecule has 2 amide bonds. The third-order valence-corrected chi connectivity index (χ3v) is 2.90. The fraction of sp³-hybridized carbons (Fsp3) is 0.200. The second-order valence-electron chi connectivity index (χ2n) is 4.28. The molecule has 0 aliphatic rings. The van der Waals surface area contributed by atoms with Crippen molar-refractivity contribution in [2.75, 3.05) is 10.6 Å². The molecule has 0 spiro atoms. The molecule has 0 aliphatic heterocycles. The van der Waals surface area contributed by atoms with Crippen LogP contribution in [0.5, 0.6) is 0 Å². The quantitative estimate of drug-likeness (QED) is 0.880. The zero-order valence-corrected chi connectivity index (χ0v) is 11.1. The summed E-state index contributed by atoms with van der Waals surface area (Å²) in [6.45, 7) is 4.05. The lowest BCUT2D eigenvalue weighted by Crippen LogP contribution is -2.20. The third-order valence-electron chi connectivity index (χ3n) is 2.90. The lowest BCUT2D eigenvalue weighted by atomic mass is 10.1. The van der Waals surface area contributed by atoms with Crippen molar-refractivity contribution in [1.82, 2.24) is 4.98 Å². The standard InChI is InChI=1S/C15H17N3O/c1-3-12-7-4-6-11(2)14(12)18-15(19)17-13-8-5-9-16-10-13/h4-10H,3H2,1-2H3,(H2,17,18,19). The van der Waals surface area contributed by atoms with Gasteiger partial charge in [0.25, 0.3) is 0 Å². The van der Waals surface area contributed by atoms with Gasteiger partial charge in [0, 0.05) is 11.9 Å². The summed E-state index contributed by atoms with van der Waals surface area (Å²) < 4.78 is 0. The van der Waals surface area contributed by atoms with Crippen molar-refractivity contribution >= 4 is 17.4 Å². The second kappa shape index (κ2) is 6.00. The van der Waals surface area contributed by atoms with Gasteiger partial charge in [-0.15, -0.1) is 0 Å². The highest BCUT2D eigenvalue weighted by molar-refractivity contribution is 6.00. The molecule has 0 atom stereocenters. The number of hydrogen-bond acceptors (Lipinski definition) is 2. The van der Waals surface area contributed by atoms with Gasteiger partial charge in [0.2, 0.25) is 0 Å². The Morgan fingerprint density at radius 1 is 1.21 bits per heavy atom. The average molecular weight is 255 g/mol. The van der Waals surface area contributed by atoms with Crippen molar-refractivity contribution in [1.29, 1.82) is 0 Å². The van der Waals surface area contributed by atoms with Crippen LogP contribution in [0.15, 0.2) is 42.7 Å². The van der Waals surface area contributed by atoms with Crippen molar-refractivity contribution in [3.63, 3.8) is 0 Å². The van der Waals surface area contributed by atoms with Gasteiger partial charge in [-0.3, -0.25) is 4.98 Å². The van der Waals surface area contributed by atoms with Crippen LogP contribution in [0.25, 0.3) is 0 Å². The molecule has 2 N–H and O–H groups in total. The van der Waals surface area contributed by atoms with Gasteiger partial charge in [-0.2, -0.15) is 0 Å². The molecule has 4 heteroatoms. The predicted octanol–water partition coefficient (Wildman–Crippen LogP) is 3.60. The maximum Gasteiger partial charge on any atom is 0.323 e. The number of para-hydroxylation sites is 1. The van der Waals surface area contributed by atoms with Gasteiger partial charge in [0.1, 0.15) is 0 Å². The lowest BCUT2D eigenvalue weighted by Gasteiger charge is -2.13. The topological polar surface area (TPSA) is 54.0 Å². The summed E-state index contributed by atoms with van der Waals surface area (Å²) in [6, 6.07) is 9.33. The minimum atomic E-state index is -0.253. The molecule has 0 saturated carbocycles. The van der Waals surface area contributed by atoms with Gasteiger partial charge < -0.3 is 10.6 Å². The molecule has 0 bridgehead atoms. The molecule has 1 aromatic carbocycles. The highest BCUT2D eigenvalue weighted by Gasteiger charge is 2.08. The molecule has 1 aromatic heterocycles. The number of nitrogens with zero attached hydrogens (tertiary/aromatic N) is 1. The van der Waals surface area contributed by atoms with Crippen molar-refractivity contribution in [3.8, 4) is 0 Å². The molecule has 1 heterocycles. The van der Waals surface area contributed by atoms with Gasteiger partial charge in [0.05, 0.1) is 11.9 Å². The number of amides is 2. The molecule has 98 valence electrons. The number of carbonyl (C=O) groups excluding carboxylic acids is 1. The maximum absolute atomic E-state index is 12.0. The smallest absolute Gasteiger partial charge is 0.307 e. The van der Waals surface area contributed by atoms with Gasteiger partial charge >= 0.3 is 6.03 Å². The van der Waals surface area contributed by atoms with E-state index in [-0.39, 0.29) is 6.03 Å². The number of aromatic nitrogens is 1. The first-order valence-electron chi connectivity index (χ1n) is 6.27. The van der Waals surface area contributed by atoms with Crippen LogP contribution in [-0.2, 0) is 6.42 Å². The highest BCUT2D eigenvalue weighted by atomic mass is 16.2. The van der Waals surface area contributed by atoms with Crippen LogP contribution in [0.1, 0.15) is 18.1 Å². The van der Waals surface area contributed by atoms with Crippen molar-refractivity contribution in [2.45, 2.75) is 20.3 Å². The molecule has 19 heavy (non-hydrogen) atoms. The molecule has 0 unspecified atom stereocenters. The fourth-order valence-electron chi connectivity index (χ4n) is 1.91. The number of aryl methyl sites for hydroxylation is 2. The van der Waals surface area contributed by atoms with E-state index in [1.807, 2.05) is 25.1 Å². The zero-order valence-electron chi connectivity index (χ0n) is 11.1. The van der Waals surface area contributed by atoms with Crippen LogP contribution in [0, 0.1) is 6.92 Å². The Hall–Kier alpha value is -2.36. The van der Waals surface area contributed by atoms with Crippen molar-refractivity contribution < 1.29 is 4.79 Å². The monoisotopic (exact) mass is 255 g/mol. The summed E-state index contributed by atoms with van der Waals surface area (Å²) >= 11 is 0. The third kappa shape index (κ3) is 3.31. The van der Waals surface area contributed by atoms with E-state index in [9.17, 15) is 4.79 Å². The van der Waals surface area contributed by atoms with E-state index >= 15 is 0 Å². The van der Waals surface area contributed by atoms with E-state index < -0.39 is 0 Å². The summed E-state index contributed by atoms with van der Waals surface area (Å²) in [7, 11) is 0. The van der Waals surface area contributed by atoms with Crippen LogP contribution >= 0.6 is 0 Å². The van der Waals surface area contributed by atoms with E-state index in [0.717, 1.165) is 23.2 Å². The van der Waals surface area contributed by atoms with Gasteiger partial charge in [-0.05, 0) is 36.6 Å². The minimum absolute atomic E-state index is 0.253. The van der Waals surface area contributed by atoms with E-state index in [2.05, 4.69) is 22.5 Å². The second-order valence-corrected chi connectivity index (χ2v) is 4.28. The predicted molar refractivity (Wildman–Crippen MR) is 77.4 cm³/mol.